The molecule has 0 atom stereocenters. The number of imidazole rings is 1. The second-order valence-corrected chi connectivity index (χ2v) is 5.34. The Morgan fingerprint density at radius 2 is 2.04 bits per heavy atom. The van der Waals surface area contributed by atoms with Crippen LogP contribution >= 0.6 is 0 Å². The Balaban J connectivity index is 0.00000151. The zero-order chi connectivity index (χ0) is 18.3. The lowest BCUT2D eigenvalue weighted by atomic mass is 10.2. The van der Waals surface area contributed by atoms with E-state index >= 15 is 0 Å². The number of methoxy groups -OCH3 is 1. The van der Waals surface area contributed by atoms with Crippen LogP contribution in [-0.2, 0) is 16.0 Å². The number of nitrogens with zero attached hydrogens (tertiary/aromatic N) is 2. The van der Waals surface area contributed by atoms with Crippen LogP contribution in [0.1, 0.15) is 26.2 Å². The van der Waals surface area contributed by atoms with Crippen molar-refractivity contribution in [3.63, 3.8) is 0 Å². The van der Waals surface area contributed by atoms with Crippen molar-refractivity contribution in [1.82, 2.24) is 9.55 Å². The van der Waals surface area contributed by atoms with Crippen LogP contribution in [0.15, 0.2) is 67.7 Å². The van der Waals surface area contributed by atoms with Crippen LogP contribution in [0, 0.1) is 0 Å². The molecule has 1 aromatic carbocycles. The van der Waals surface area contributed by atoms with Gasteiger partial charge >= 0.3 is 0 Å². The largest absolute Gasteiger partial charge is 0.498 e. The van der Waals surface area contributed by atoms with Crippen molar-refractivity contribution in [1.29, 1.82) is 0 Å². The van der Waals surface area contributed by atoms with Crippen LogP contribution in [0.4, 0.5) is 0 Å². The van der Waals surface area contributed by atoms with Crippen LogP contribution in [0.5, 0.6) is 0 Å². The molecule has 0 bridgehead atoms. The number of para-hydroxylation sites is 2. The minimum Gasteiger partial charge on any atom is -0.498 e. The quantitative estimate of drug-likeness (QED) is 0.341. The molecule has 0 amide bonds. The number of fused-ring (bicyclic) bond motifs is 1. The van der Waals surface area contributed by atoms with Crippen LogP contribution in [0.2, 0.25) is 0 Å². The van der Waals surface area contributed by atoms with E-state index in [1.807, 2.05) is 30.6 Å². The predicted octanol–water partition coefficient (Wildman–Crippen LogP) is 5.13. The van der Waals surface area contributed by atoms with E-state index in [0.717, 1.165) is 43.7 Å². The van der Waals surface area contributed by atoms with E-state index in [9.17, 15) is 0 Å². The van der Waals surface area contributed by atoms with Gasteiger partial charge in [-0.3, -0.25) is 0 Å². The summed E-state index contributed by atoms with van der Waals surface area (Å²) in [6.45, 7) is 10.4. The zero-order valence-electron chi connectivity index (χ0n) is 15.5. The summed E-state index contributed by atoms with van der Waals surface area (Å²) in [7, 11) is 1.70. The first kappa shape index (κ1) is 20.7. The summed E-state index contributed by atoms with van der Waals surface area (Å²) in [5.41, 5.74) is 2.22. The number of aryl methyl sites for hydroxylation is 1. The van der Waals surface area contributed by atoms with E-state index < -0.39 is 0 Å². The van der Waals surface area contributed by atoms with Gasteiger partial charge < -0.3 is 14.0 Å². The minimum atomic E-state index is 0.646. The van der Waals surface area contributed by atoms with E-state index in [4.69, 9.17) is 9.47 Å². The fraction of sp³-hybridized carbons (Fsp3) is 0.381. The Labute approximate surface area is 151 Å². The highest BCUT2D eigenvalue weighted by atomic mass is 16.5. The topological polar surface area (TPSA) is 36.3 Å². The maximum absolute atomic E-state index is 5.91. The molecule has 4 nitrogen and oxygen atoms in total. The molecule has 0 radical (unpaired) electrons. The molecule has 0 spiro atoms. The normalized spacial score (nSPS) is 11.5. The molecule has 0 aliphatic rings. The standard InChI is InChI=1S/C19H26N2O2.C2H4/c1-3-9-17(10-6-7-14-22-2)23-15-8-13-21-16-20-18-11-4-5-12-19(18)21;1-2/h4-7,9,11-12,16H,3,8,10,13-15H2,1-2H3;1-2H2/b7-6-,17-9+;. The Kier molecular flexibility index (Phi) is 10.8. The van der Waals surface area contributed by atoms with Gasteiger partial charge in [0.1, 0.15) is 0 Å². The summed E-state index contributed by atoms with van der Waals surface area (Å²) >= 11 is 0. The number of aromatic nitrogens is 2. The third kappa shape index (κ3) is 7.40. The molecule has 0 fully saturated rings. The molecular weight excluding hydrogens is 312 g/mol. The monoisotopic (exact) mass is 342 g/mol. The summed E-state index contributed by atoms with van der Waals surface area (Å²) < 4.78 is 13.1. The molecule has 0 saturated heterocycles. The van der Waals surface area contributed by atoms with E-state index in [-0.39, 0.29) is 0 Å². The molecule has 136 valence electrons. The van der Waals surface area contributed by atoms with E-state index in [2.05, 4.69) is 47.9 Å². The Hall–Kier alpha value is -2.33. The molecule has 0 aliphatic heterocycles. The van der Waals surface area contributed by atoms with Crippen molar-refractivity contribution >= 4 is 11.0 Å². The van der Waals surface area contributed by atoms with Crippen LogP contribution < -0.4 is 0 Å². The highest BCUT2D eigenvalue weighted by Gasteiger charge is 2.01. The Morgan fingerprint density at radius 1 is 1.24 bits per heavy atom. The average Bonchev–Trinajstić information content (AvgIpc) is 3.07. The molecule has 0 aliphatic carbocycles. The fourth-order valence-corrected chi connectivity index (χ4v) is 2.42. The highest BCUT2D eigenvalue weighted by Crippen LogP contribution is 2.13. The van der Waals surface area contributed by atoms with Gasteiger partial charge in [-0.25, -0.2) is 4.98 Å². The Morgan fingerprint density at radius 3 is 2.80 bits per heavy atom. The number of hydrogen-bond acceptors (Lipinski definition) is 3. The molecule has 1 heterocycles. The van der Waals surface area contributed by atoms with Crippen molar-refractivity contribution in [3.8, 4) is 0 Å². The number of rotatable bonds is 10. The summed E-state index contributed by atoms with van der Waals surface area (Å²) in [5.74, 6) is 1.04. The fourth-order valence-electron chi connectivity index (χ4n) is 2.42. The smallest absolute Gasteiger partial charge is 0.0958 e. The van der Waals surface area contributed by atoms with Crippen LogP contribution in [0.3, 0.4) is 0 Å². The van der Waals surface area contributed by atoms with Gasteiger partial charge in [0.15, 0.2) is 0 Å². The number of ether oxygens (including phenoxy) is 2. The number of hydrogen-bond donors (Lipinski definition) is 0. The molecule has 0 N–H and O–H groups in total. The van der Waals surface area contributed by atoms with Gasteiger partial charge in [0, 0.05) is 20.1 Å². The summed E-state index contributed by atoms with van der Waals surface area (Å²) in [6.07, 6.45) is 10.9. The predicted molar refractivity (Wildman–Crippen MR) is 106 cm³/mol. The first-order valence-electron chi connectivity index (χ1n) is 8.70. The highest BCUT2D eigenvalue weighted by molar-refractivity contribution is 5.74. The van der Waals surface area contributed by atoms with Crippen LogP contribution in [-0.4, -0.2) is 29.9 Å². The van der Waals surface area contributed by atoms with Crippen molar-refractivity contribution in [3.05, 3.63) is 67.7 Å². The van der Waals surface area contributed by atoms with Gasteiger partial charge in [-0.2, -0.15) is 0 Å². The number of benzene rings is 1. The third-order valence-corrected chi connectivity index (χ3v) is 3.54. The lowest BCUT2D eigenvalue weighted by Crippen LogP contribution is -2.02. The first-order chi connectivity index (χ1) is 12.3. The van der Waals surface area contributed by atoms with E-state index in [1.165, 1.54) is 5.52 Å². The van der Waals surface area contributed by atoms with Gasteiger partial charge in [-0.1, -0.05) is 31.2 Å². The average molecular weight is 342 g/mol. The Bertz CT molecular complexity index is 659. The lowest BCUT2D eigenvalue weighted by Gasteiger charge is -2.10. The first-order valence-corrected chi connectivity index (χ1v) is 8.70. The van der Waals surface area contributed by atoms with Crippen molar-refractivity contribution in [2.45, 2.75) is 32.7 Å². The SMILES string of the molecule is C=C.CC/C=C(\C/C=C\COC)OCCCn1cnc2ccccc21. The maximum Gasteiger partial charge on any atom is 0.0958 e. The second kappa shape index (κ2) is 13.0. The molecule has 0 saturated carbocycles. The zero-order valence-corrected chi connectivity index (χ0v) is 15.5. The second-order valence-electron chi connectivity index (χ2n) is 5.34. The summed E-state index contributed by atoms with van der Waals surface area (Å²) in [4.78, 5) is 4.41. The van der Waals surface area contributed by atoms with Gasteiger partial charge in [-0.15, -0.1) is 13.2 Å². The lowest BCUT2D eigenvalue weighted by molar-refractivity contribution is 0.198. The van der Waals surface area contributed by atoms with Crippen molar-refractivity contribution in [2.24, 2.45) is 0 Å². The molecule has 25 heavy (non-hydrogen) atoms. The third-order valence-electron chi connectivity index (χ3n) is 3.54. The molecule has 2 aromatic rings. The molecule has 4 heteroatoms. The van der Waals surface area contributed by atoms with Crippen molar-refractivity contribution < 1.29 is 9.47 Å². The molecule has 2 rings (SSSR count). The number of allylic oxidation sites excluding steroid dienone is 2. The minimum absolute atomic E-state index is 0.646. The summed E-state index contributed by atoms with van der Waals surface area (Å²) in [6, 6.07) is 8.20. The van der Waals surface area contributed by atoms with Crippen molar-refractivity contribution in [2.75, 3.05) is 20.3 Å². The van der Waals surface area contributed by atoms with Gasteiger partial charge in [0.05, 0.1) is 36.3 Å². The molecule has 0 unspecified atom stereocenters. The maximum atomic E-state index is 5.91. The molecule has 1 aromatic heterocycles. The summed E-state index contributed by atoms with van der Waals surface area (Å²) in [5, 5.41) is 0. The van der Waals surface area contributed by atoms with Crippen LogP contribution in [0.25, 0.3) is 11.0 Å². The molecular formula is C21H30N2O2. The van der Waals surface area contributed by atoms with Gasteiger partial charge in [0.25, 0.3) is 0 Å². The van der Waals surface area contributed by atoms with E-state index in [1.54, 1.807) is 7.11 Å². The van der Waals surface area contributed by atoms with Gasteiger partial charge in [0.2, 0.25) is 0 Å². The van der Waals surface area contributed by atoms with Gasteiger partial charge in [-0.05, 0) is 31.1 Å². The van der Waals surface area contributed by atoms with E-state index in [0.29, 0.717) is 6.61 Å².